The number of hydrogen-bond acceptors (Lipinski definition) is 3. The molecule has 0 saturated heterocycles. The molecule has 0 atom stereocenters. The van der Waals surface area contributed by atoms with Crippen molar-refractivity contribution in [1.29, 1.82) is 0 Å². The molecule has 3 aromatic rings. The quantitative estimate of drug-likeness (QED) is 0.723. The molecule has 0 fully saturated rings. The minimum absolute atomic E-state index is 0.0125. The number of nitroso groups, excluding NO2 is 1. The summed E-state index contributed by atoms with van der Waals surface area (Å²) < 4.78 is 1.63. The Hall–Kier alpha value is -2.33. The number of hydrogen-bond donors (Lipinski definition) is 1. The third-order valence-electron chi connectivity index (χ3n) is 3.26. The minimum atomic E-state index is -0.160. The first-order valence-corrected chi connectivity index (χ1v) is 6.47. The third kappa shape index (κ3) is 1.94. The highest BCUT2D eigenvalue weighted by Crippen LogP contribution is 2.42. The summed E-state index contributed by atoms with van der Waals surface area (Å²) in [6.45, 7) is 0.443. The number of benzene rings is 2. The van der Waals surface area contributed by atoms with Gasteiger partial charge in [-0.05, 0) is 22.9 Å². The zero-order valence-corrected chi connectivity index (χ0v) is 11.2. The summed E-state index contributed by atoms with van der Waals surface area (Å²) in [5, 5.41) is 14.0. The van der Waals surface area contributed by atoms with Crippen LogP contribution in [-0.2, 0) is 6.54 Å². The highest BCUT2D eigenvalue weighted by molar-refractivity contribution is 6.36. The molecule has 0 aliphatic carbocycles. The van der Waals surface area contributed by atoms with Crippen LogP contribution in [-0.4, -0.2) is 9.67 Å². The molecule has 0 radical (unpaired) electrons. The molecule has 0 aliphatic rings. The second-order valence-corrected chi connectivity index (χ2v) is 4.88. The van der Waals surface area contributed by atoms with E-state index in [9.17, 15) is 10.0 Å². The van der Waals surface area contributed by atoms with E-state index in [-0.39, 0.29) is 11.6 Å². The average molecular weight is 287 g/mol. The summed E-state index contributed by atoms with van der Waals surface area (Å²) in [4.78, 5) is 11.0. The summed E-state index contributed by atoms with van der Waals surface area (Å²) >= 11 is 6.11. The van der Waals surface area contributed by atoms with Crippen molar-refractivity contribution in [1.82, 2.24) is 4.57 Å². The number of nitrogens with zero attached hydrogens (tertiary/aromatic N) is 2. The first kappa shape index (κ1) is 12.7. The van der Waals surface area contributed by atoms with Gasteiger partial charge in [-0.1, -0.05) is 48.0 Å². The van der Waals surface area contributed by atoms with E-state index in [0.717, 1.165) is 5.56 Å². The van der Waals surface area contributed by atoms with Gasteiger partial charge in [0.05, 0.1) is 22.5 Å². The summed E-state index contributed by atoms with van der Waals surface area (Å²) in [6, 6.07) is 14.9. The smallest absolute Gasteiger partial charge is 0.222 e. The molecular weight excluding hydrogens is 276 g/mol. The van der Waals surface area contributed by atoms with E-state index in [2.05, 4.69) is 5.18 Å². The number of aromatic nitrogens is 1. The van der Waals surface area contributed by atoms with Crippen LogP contribution in [0.3, 0.4) is 0 Å². The van der Waals surface area contributed by atoms with E-state index in [4.69, 9.17) is 11.6 Å². The summed E-state index contributed by atoms with van der Waals surface area (Å²) in [6.07, 6.45) is 0. The van der Waals surface area contributed by atoms with E-state index in [0.29, 0.717) is 22.5 Å². The van der Waals surface area contributed by atoms with Crippen LogP contribution < -0.4 is 0 Å². The van der Waals surface area contributed by atoms with Crippen molar-refractivity contribution in [3.05, 3.63) is 64.0 Å². The van der Waals surface area contributed by atoms with Crippen LogP contribution in [0, 0.1) is 4.91 Å². The van der Waals surface area contributed by atoms with E-state index >= 15 is 0 Å². The number of halogens is 1. The molecule has 1 aromatic heterocycles. The van der Waals surface area contributed by atoms with Gasteiger partial charge in [-0.3, -0.25) is 0 Å². The lowest BCUT2D eigenvalue weighted by atomic mass is 10.2. The van der Waals surface area contributed by atoms with Crippen molar-refractivity contribution < 1.29 is 5.11 Å². The van der Waals surface area contributed by atoms with Crippen molar-refractivity contribution in [2.24, 2.45) is 5.18 Å². The van der Waals surface area contributed by atoms with Gasteiger partial charge in [-0.2, -0.15) is 0 Å². The Morgan fingerprint density at radius 3 is 2.55 bits per heavy atom. The van der Waals surface area contributed by atoms with Gasteiger partial charge in [0.25, 0.3) is 0 Å². The lowest BCUT2D eigenvalue weighted by Crippen LogP contribution is -1.98. The SMILES string of the molecule is O=Nc1c(O)n(Cc2ccccc2)c2cccc(Cl)c12. The van der Waals surface area contributed by atoms with Gasteiger partial charge in [0.1, 0.15) is 0 Å². The molecule has 20 heavy (non-hydrogen) atoms. The highest BCUT2D eigenvalue weighted by atomic mass is 35.5. The van der Waals surface area contributed by atoms with Gasteiger partial charge in [-0.25, -0.2) is 0 Å². The van der Waals surface area contributed by atoms with Gasteiger partial charge >= 0.3 is 0 Å². The Bertz CT molecular complexity index is 781. The van der Waals surface area contributed by atoms with Crippen LogP contribution in [0.15, 0.2) is 53.7 Å². The molecule has 0 amide bonds. The second kappa shape index (κ2) is 4.98. The lowest BCUT2D eigenvalue weighted by molar-refractivity contribution is 0.430. The van der Waals surface area contributed by atoms with Crippen LogP contribution in [0.25, 0.3) is 10.9 Å². The van der Waals surface area contributed by atoms with Crippen LogP contribution in [0.4, 0.5) is 5.69 Å². The molecule has 1 heterocycles. The standard InChI is InChI=1S/C15H11ClN2O2/c16-11-7-4-8-12-13(11)14(17-20)15(19)18(12)9-10-5-2-1-3-6-10/h1-8,19H,9H2. The van der Waals surface area contributed by atoms with E-state index in [1.54, 1.807) is 22.8 Å². The van der Waals surface area contributed by atoms with Gasteiger partial charge in [0.15, 0.2) is 5.69 Å². The highest BCUT2D eigenvalue weighted by Gasteiger charge is 2.19. The zero-order valence-electron chi connectivity index (χ0n) is 10.5. The van der Waals surface area contributed by atoms with Crippen molar-refractivity contribution in [3.8, 4) is 5.88 Å². The first-order chi connectivity index (χ1) is 9.72. The molecule has 0 spiro atoms. The van der Waals surface area contributed by atoms with Crippen LogP contribution in [0.2, 0.25) is 5.02 Å². The fourth-order valence-electron chi connectivity index (χ4n) is 2.34. The average Bonchev–Trinajstić information content (AvgIpc) is 2.74. The molecule has 4 nitrogen and oxygen atoms in total. The van der Waals surface area contributed by atoms with Gasteiger partial charge in [0, 0.05) is 0 Å². The maximum Gasteiger partial charge on any atom is 0.222 e. The molecule has 0 aliphatic heterocycles. The number of aromatic hydroxyl groups is 1. The zero-order chi connectivity index (χ0) is 14.1. The maximum absolute atomic E-state index is 11.0. The fourth-order valence-corrected chi connectivity index (χ4v) is 2.60. The monoisotopic (exact) mass is 286 g/mol. The van der Waals surface area contributed by atoms with Crippen LogP contribution >= 0.6 is 11.6 Å². The predicted molar refractivity (Wildman–Crippen MR) is 79.6 cm³/mol. The van der Waals surface area contributed by atoms with Crippen molar-refractivity contribution in [2.75, 3.05) is 0 Å². The van der Waals surface area contributed by atoms with Crippen LogP contribution in [0.5, 0.6) is 5.88 Å². The molecule has 3 rings (SSSR count). The molecule has 0 saturated carbocycles. The van der Waals surface area contributed by atoms with Crippen molar-refractivity contribution >= 4 is 28.2 Å². The molecule has 0 bridgehead atoms. The van der Waals surface area contributed by atoms with Crippen LogP contribution in [0.1, 0.15) is 5.56 Å². The fraction of sp³-hybridized carbons (Fsp3) is 0.0667. The summed E-state index contributed by atoms with van der Waals surface area (Å²) in [7, 11) is 0. The Morgan fingerprint density at radius 1 is 1.10 bits per heavy atom. The van der Waals surface area contributed by atoms with Crippen molar-refractivity contribution in [3.63, 3.8) is 0 Å². The topological polar surface area (TPSA) is 54.6 Å². The molecule has 5 heteroatoms. The Labute approximate surface area is 120 Å². The number of fused-ring (bicyclic) bond motifs is 1. The first-order valence-electron chi connectivity index (χ1n) is 6.09. The number of rotatable bonds is 3. The molecule has 1 N–H and O–H groups in total. The van der Waals surface area contributed by atoms with Gasteiger partial charge in [-0.15, -0.1) is 4.91 Å². The Kier molecular flexibility index (Phi) is 3.16. The van der Waals surface area contributed by atoms with Gasteiger partial charge in [0.2, 0.25) is 5.88 Å². The summed E-state index contributed by atoms with van der Waals surface area (Å²) in [5.41, 5.74) is 1.69. The predicted octanol–water partition coefficient (Wildman–Crippen LogP) is 4.45. The maximum atomic E-state index is 11.0. The molecule has 0 unspecified atom stereocenters. The van der Waals surface area contributed by atoms with E-state index in [1.807, 2.05) is 30.3 Å². The molecule has 2 aromatic carbocycles. The van der Waals surface area contributed by atoms with E-state index in [1.165, 1.54) is 0 Å². The Morgan fingerprint density at radius 2 is 1.85 bits per heavy atom. The normalized spacial score (nSPS) is 10.8. The Balaban J connectivity index is 2.23. The molecular formula is C15H11ClN2O2. The third-order valence-corrected chi connectivity index (χ3v) is 3.58. The van der Waals surface area contributed by atoms with E-state index < -0.39 is 0 Å². The minimum Gasteiger partial charge on any atom is -0.493 e. The van der Waals surface area contributed by atoms with Crippen molar-refractivity contribution in [2.45, 2.75) is 6.54 Å². The summed E-state index contributed by atoms with van der Waals surface area (Å²) in [5.74, 6) is -0.160. The molecule has 100 valence electrons. The second-order valence-electron chi connectivity index (χ2n) is 4.47. The van der Waals surface area contributed by atoms with Gasteiger partial charge < -0.3 is 9.67 Å². The lowest BCUT2D eigenvalue weighted by Gasteiger charge is -2.07. The largest absolute Gasteiger partial charge is 0.493 e.